The van der Waals surface area contributed by atoms with Crippen LogP contribution in [0.3, 0.4) is 0 Å². The maximum absolute atomic E-state index is 11.8. The van der Waals surface area contributed by atoms with Gasteiger partial charge in [-0.05, 0) is 26.2 Å². The first kappa shape index (κ1) is 14.0. The van der Waals surface area contributed by atoms with Gasteiger partial charge in [-0.25, -0.2) is 0 Å². The number of rotatable bonds is 4. The number of nitrogens with one attached hydrogen (secondary N) is 1. The molecule has 1 fully saturated rings. The molecule has 1 saturated heterocycles. The number of hydrogen-bond acceptors (Lipinski definition) is 3. The molecule has 1 atom stereocenters. The SMILES string of the molecule is CCNC(=O)C1CCN(C(=O)[C@@H](N)CC)CC1. The van der Waals surface area contributed by atoms with Crippen molar-refractivity contribution in [1.82, 2.24) is 10.2 Å². The van der Waals surface area contributed by atoms with Crippen molar-refractivity contribution in [2.24, 2.45) is 11.7 Å². The van der Waals surface area contributed by atoms with Gasteiger partial charge in [0.1, 0.15) is 0 Å². The molecule has 0 radical (unpaired) electrons. The average Bonchev–Trinajstić information content (AvgIpc) is 2.37. The lowest BCUT2D eigenvalue weighted by Gasteiger charge is -2.32. The normalized spacial score (nSPS) is 18.9. The molecule has 0 aromatic rings. The second-order valence-corrected chi connectivity index (χ2v) is 4.51. The Morgan fingerprint density at radius 3 is 2.41 bits per heavy atom. The van der Waals surface area contributed by atoms with Gasteiger partial charge in [-0.2, -0.15) is 0 Å². The van der Waals surface area contributed by atoms with Gasteiger partial charge in [0.2, 0.25) is 11.8 Å². The van der Waals surface area contributed by atoms with Crippen LogP contribution in [0, 0.1) is 5.92 Å². The molecule has 1 rings (SSSR count). The van der Waals surface area contributed by atoms with E-state index in [1.807, 2.05) is 13.8 Å². The van der Waals surface area contributed by atoms with E-state index in [2.05, 4.69) is 5.32 Å². The number of carbonyl (C=O) groups excluding carboxylic acids is 2. The summed E-state index contributed by atoms with van der Waals surface area (Å²) in [6.07, 6.45) is 2.15. The van der Waals surface area contributed by atoms with Gasteiger partial charge in [-0.15, -0.1) is 0 Å². The largest absolute Gasteiger partial charge is 0.356 e. The van der Waals surface area contributed by atoms with E-state index in [0.29, 0.717) is 26.1 Å². The molecule has 0 spiro atoms. The minimum absolute atomic E-state index is 0.0156. The van der Waals surface area contributed by atoms with E-state index in [4.69, 9.17) is 5.73 Å². The molecule has 0 bridgehead atoms. The summed E-state index contributed by atoms with van der Waals surface area (Å²) in [5, 5.41) is 2.83. The average molecular weight is 241 g/mol. The number of nitrogens with two attached hydrogens (primary N) is 1. The van der Waals surface area contributed by atoms with Gasteiger partial charge < -0.3 is 16.0 Å². The van der Waals surface area contributed by atoms with Crippen LogP contribution in [0.4, 0.5) is 0 Å². The molecule has 2 amide bonds. The first-order valence-electron chi connectivity index (χ1n) is 6.42. The van der Waals surface area contributed by atoms with Crippen molar-refractivity contribution in [3.05, 3.63) is 0 Å². The Labute approximate surface area is 103 Å². The highest BCUT2D eigenvalue weighted by atomic mass is 16.2. The van der Waals surface area contributed by atoms with E-state index >= 15 is 0 Å². The van der Waals surface area contributed by atoms with Gasteiger partial charge in [-0.3, -0.25) is 9.59 Å². The lowest BCUT2D eigenvalue weighted by Crippen LogP contribution is -2.48. The Bertz CT molecular complexity index is 273. The van der Waals surface area contributed by atoms with Crippen molar-refractivity contribution < 1.29 is 9.59 Å². The van der Waals surface area contributed by atoms with Crippen molar-refractivity contribution in [3.8, 4) is 0 Å². The molecular formula is C12H23N3O2. The van der Waals surface area contributed by atoms with Gasteiger partial charge in [-0.1, -0.05) is 6.92 Å². The van der Waals surface area contributed by atoms with Crippen LogP contribution in [0.15, 0.2) is 0 Å². The van der Waals surface area contributed by atoms with E-state index in [1.54, 1.807) is 4.90 Å². The molecule has 0 saturated carbocycles. The lowest BCUT2D eigenvalue weighted by molar-refractivity contribution is -0.136. The summed E-state index contributed by atoms with van der Waals surface area (Å²) >= 11 is 0. The first-order chi connectivity index (χ1) is 8.10. The fourth-order valence-electron chi connectivity index (χ4n) is 2.09. The standard InChI is InChI=1S/C12H23N3O2/c1-3-10(13)12(17)15-7-5-9(6-8-15)11(16)14-4-2/h9-10H,3-8,13H2,1-2H3,(H,14,16)/t10-/m0/s1. The van der Waals surface area contributed by atoms with Crippen LogP contribution in [0.1, 0.15) is 33.1 Å². The predicted molar refractivity (Wildman–Crippen MR) is 66.3 cm³/mol. The molecule has 0 aromatic heterocycles. The molecule has 1 aliphatic rings. The maximum atomic E-state index is 11.8. The van der Waals surface area contributed by atoms with E-state index in [0.717, 1.165) is 12.8 Å². The molecule has 1 heterocycles. The Morgan fingerprint density at radius 2 is 1.94 bits per heavy atom. The number of likely N-dealkylation sites (tertiary alicyclic amines) is 1. The molecule has 0 aliphatic carbocycles. The van der Waals surface area contributed by atoms with Crippen molar-refractivity contribution in [3.63, 3.8) is 0 Å². The molecule has 5 heteroatoms. The van der Waals surface area contributed by atoms with Crippen LogP contribution in [0.25, 0.3) is 0 Å². The summed E-state index contributed by atoms with van der Waals surface area (Å²) in [7, 11) is 0. The van der Waals surface area contributed by atoms with Gasteiger partial charge >= 0.3 is 0 Å². The summed E-state index contributed by atoms with van der Waals surface area (Å²) in [6.45, 7) is 5.78. The molecule has 98 valence electrons. The monoisotopic (exact) mass is 241 g/mol. The molecular weight excluding hydrogens is 218 g/mol. The highest BCUT2D eigenvalue weighted by Crippen LogP contribution is 2.18. The second kappa shape index (κ2) is 6.59. The van der Waals surface area contributed by atoms with E-state index in [-0.39, 0.29) is 17.7 Å². The summed E-state index contributed by atoms with van der Waals surface area (Å²) in [5.74, 6) is 0.179. The van der Waals surface area contributed by atoms with Crippen LogP contribution in [-0.2, 0) is 9.59 Å². The number of piperidine rings is 1. The third kappa shape index (κ3) is 3.70. The third-order valence-electron chi connectivity index (χ3n) is 3.29. The second-order valence-electron chi connectivity index (χ2n) is 4.51. The minimum atomic E-state index is -0.393. The van der Waals surface area contributed by atoms with Crippen LogP contribution < -0.4 is 11.1 Å². The Hall–Kier alpha value is -1.10. The zero-order valence-corrected chi connectivity index (χ0v) is 10.7. The minimum Gasteiger partial charge on any atom is -0.356 e. The number of nitrogens with zero attached hydrogens (tertiary/aromatic N) is 1. The van der Waals surface area contributed by atoms with Gasteiger partial charge in [0.05, 0.1) is 6.04 Å². The number of amides is 2. The zero-order valence-electron chi connectivity index (χ0n) is 10.7. The fraction of sp³-hybridized carbons (Fsp3) is 0.833. The first-order valence-corrected chi connectivity index (χ1v) is 6.42. The molecule has 0 unspecified atom stereocenters. The zero-order chi connectivity index (χ0) is 12.8. The quantitative estimate of drug-likeness (QED) is 0.733. The Balaban J connectivity index is 2.40. The molecule has 3 N–H and O–H groups in total. The molecule has 1 aliphatic heterocycles. The van der Waals surface area contributed by atoms with Crippen molar-refractivity contribution in [1.29, 1.82) is 0 Å². The summed E-state index contributed by atoms with van der Waals surface area (Å²) in [5.41, 5.74) is 5.72. The summed E-state index contributed by atoms with van der Waals surface area (Å²) in [6, 6.07) is -0.393. The topological polar surface area (TPSA) is 75.4 Å². The summed E-state index contributed by atoms with van der Waals surface area (Å²) < 4.78 is 0. The smallest absolute Gasteiger partial charge is 0.239 e. The fourth-order valence-corrected chi connectivity index (χ4v) is 2.09. The third-order valence-corrected chi connectivity index (χ3v) is 3.29. The number of carbonyl (C=O) groups is 2. The Morgan fingerprint density at radius 1 is 1.35 bits per heavy atom. The highest BCUT2D eigenvalue weighted by molar-refractivity contribution is 5.82. The van der Waals surface area contributed by atoms with Crippen LogP contribution in [-0.4, -0.2) is 42.4 Å². The van der Waals surface area contributed by atoms with Gasteiger partial charge in [0.25, 0.3) is 0 Å². The van der Waals surface area contributed by atoms with E-state index in [1.165, 1.54) is 0 Å². The van der Waals surface area contributed by atoms with Crippen LogP contribution in [0.2, 0.25) is 0 Å². The predicted octanol–water partition coefficient (Wildman–Crippen LogP) is 0.0984. The van der Waals surface area contributed by atoms with Crippen molar-refractivity contribution in [2.75, 3.05) is 19.6 Å². The van der Waals surface area contributed by atoms with Crippen molar-refractivity contribution >= 4 is 11.8 Å². The Kier molecular flexibility index (Phi) is 5.41. The van der Waals surface area contributed by atoms with Crippen molar-refractivity contribution in [2.45, 2.75) is 39.2 Å². The molecule has 0 aromatic carbocycles. The van der Waals surface area contributed by atoms with Gasteiger partial charge in [0.15, 0.2) is 0 Å². The lowest BCUT2D eigenvalue weighted by atomic mass is 9.95. The van der Waals surface area contributed by atoms with Gasteiger partial charge in [0, 0.05) is 25.6 Å². The summed E-state index contributed by atoms with van der Waals surface area (Å²) in [4.78, 5) is 25.2. The molecule has 5 nitrogen and oxygen atoms in total. The van der Waals surface area contributed by atoms with Crippen LogP contribution >= 0.6 is 0 Å². The van der Waals surface area contributed by atoms with E-state index < -0.39 is 6.04 Å². The number of hydrogen-bond donors (Lipinski definition) is 2. The molecule has 17 heavy (non-hydrogen) atoms. The maximum Gasteiger partial charge on any atom is 0.239 e. The highest BCUT2D eigenvalue weighted by Gasteiger charge is 2.28. The van der Waals surface area contributed by atoms with Crippen LogP contribution in [0.5, 0.6) is 0 Å². The van der Waals surface area contributed by atoms with E-state index in [9.17, 15) is 9.59 Å².